The zero-order valence-electron chi connectivity index (χ0n) is 14.0. The molecule has 8 heteroatoms. The SMILES string of the molecule is Cc1ccc(CNc2cccc3nc(NC(=O)c4cccnc4)nn23)o1. The number of furan rings is 1. The van der Waals surface area contributed by atoms with E-state index >= 15 is 0 Å². The molecule has 0 atom stereocenters. The minimum Gasteiger partial charge on any atom is -0.465 e. The van der Waals surface area contributed by atoms with Crippen LogP contribution in [0.15, 0.2) is 59.3 Å². The van der Waals surface area contributed by atoms with Gasteiger partial charge >= 0.3 is 0 Å². The molecule has 0 saturated carbocycles. The van der Waals surface area contributed by atoms with Crippen LogP contribution in [0.1, 0.15) is 21.9 Å². The summed E-state index contributed by atoms with van der Waals surface area (Å²) in [4.78, 5) is 20.5. The zero-order valence-corrected chi connectivity index (χ0v) is 14.0. The number of hydrogen-bond donors (Lipinski definition) is 2. The monoisotopic (exact) mass is 348 g/mol. The van der Waals surface area contributed by atoms with E-state index in [2.05, 4.69) is 25.7 Å². The van der Waals surface area contributed by atoms with Crippen LogP contribution in [0.25, 0.3) is 5.65 Å². The van der Waals surface area contributed by atoms with E-state index < -0.39 is 0 Å². The van der Waals surface area contributed by atoms with E-state index in [4.69, 9.17) is 4.42 Å². The molecule has 0 aliphatic heterocycles. The number of nitrogens with zero attached hydrogens (tertiary/aromatic N) is 4. The maximum absolute atomic E-state index is 12.2. The van der Waals surface area contributed by atoms with Crippen molar-refractivity contribution in [1.82, 2.24) is 19.6 Å². The highest BCUT2D eigenvalue weighted by Crippen LogP contribution is 2.15. The van der Waals surface area contributed by atoms with Crippen LogP contribution in [0.4, 0.5) is 11.8 Å². The van der Waals surface area contributed by atoms with Crippen molar-refractivity contribution in [2.24, 2.45) is 0 Å². The number of hydrogen-bond acceptors (Lipinski definition) is 6. The van der Waals surface area contributed by atoms with Crippen LogP contribution < -0.4 is 10.6 Å². The maximum atomic E-state index is 12.2. The highest BCUT2D eigenvalue weighted by Gasteiger charge is 2.12. The number of nitrogens with one attached hydrogen (secondary N) is 2. The molecule has 0 fully saturated rings. The fraction of sp³-hybridized carbons (Fsp3) is 0.111. The predicted molar refractivity (Wildman–Crippen MR) is 95.9 cm³/mol. The summed E-state index contributed by atoms with van der Waals surface area (Å²) in [5.74, 6) is 2.34. The molecule has 2 N–H and O–H groups in total. The number of aryl methyl sites for hydroxylation is 1. The summed E-state index contributed by atoms with van der Waals surface area (Å²) < 4.78 is 7.19. The minimum absolute atomic E-state index is 0.224. The Labute approximate surface area is 148 Å². The molecule has 0 radical (unpaired) electrons. The second-order valence-electron chi connectivity index (χ2n) is 5.68. The lowest BCUT2D eigenvalue weighted by atomic mass is 10.3. The number of fused-ring (bicyclic) bond motifs is 1. The van der Waals surface area contributed by atoms with Crippen molar-refractivity contribution >= 4 is 23.3 Å². The van der Waals surface area contributed by atoms with Crippen LogP contribution in [0.5, 0.6) is 0 Å². The van der Waals surface area contributed by atoms with Crippen molar-refractivity contribution in [3.05, 3.63) is 71.9 Å². The van der Waals surface area contributed by atoms with Crippen LogP contribution in [0.2, 0.25) is 0 Å². The van der Waals surface area contributed by atoms with E-state index in [1.54, 1.807) is 22.8 Å². The molecule has 4 aromatic rings. The van der Waals surface area contributed by atoms with Gasteiger partial charge in [0, 0.05) is 12.4 Å². The Balaban J connectivity index is 1.54. The second-order valence-corrected chi connectivity index (χ2v) is 5.68. The summed E-state index contributed by atoms with van der Waals surface area (Å²) >= 11 is 0. The molecule has 1 amide bonds. The number of carbonyl (C=O) groups is 1. The molecular weight excluding hydrogens is 332 g/mol. The molecule has 0 bridgehead atoms. The summed E-state index contributed by atoms with van der Waals surface area (Å²) in [6.07, 6.45) is 3.10. The largest absolute Gasteiger partial charge is 0.465 e. The van der Waals surface area contributed by atoms with Gasteiger partial charge in [-0.25, -0.2) is 0 Å². The van der Waals surface area contributed by atoms with Gasteiger partial charge in [0.2, 0.25) is 5.95 Å². The molecule has 4 heterocycles. The Kier molecular flexibility index (Phi) is 4.06. The lowest BCUT2D eigenvalue weighted by Gasteiger charge is -2.05. The van der Waals surface area contributed by atoms with Gasteiger partial charge in [-0.2, -0.15) is 9.50 Å². The topological polar surface area (TPSA) is 97.3 Å². The predicted octanol–water partition coefficient (Wildman–Crippen LogP) is 2.89. The van der Waals surface area contributed by atoms with Gasteiger partial charge in [-0.15, -0.1) is 5.10 Å². The Bertz CT molecular complexity index is 1050. The van der Waals surface area contributed by atoms with Gasteiger partial charge in [-0.05, 0) is 43.3 Å². The van der Waals surface area contributed by atoms with Crippen LogP contribution in [0.3, 0.4) is 0 Å². The number of anilines is 2. The second kappa shape index (κ2) is 6.67. The molecule has 0 aliphatic carbocycles. The number of carbonyl (C=O) groups excluding carboxylic acids is 1. The number of aromatic nitrogens is 4. The van der Waals surface area contributed by atoms with Gasteiger partial charge in [-0.3, -0.25) is 15.1 Å². The quantitative estimate of drug-likeness (QED) is 0.575. The third-order valence-electron chi connectivity index (χ3n) is 3.75. The molecule has 0 unspecified atom stereocenters. The third-order valence-corrected chi connectivity index (χ3v) is 3.75. The molecule has 0 aliphatic rings. The lowest BCUT2D eigenvalue weighted by molar-refractivity contribution is 0.102. The molecule has 0 aromatic carbocycles. The van der Waals surface area contributed by atoms with Gasteiger partial charge in [0.1, 0.15) is 17.3 Å². The Morgan fingerprint density at radius 1 is 1.19 bits per heavy atom. The van der Waals surface area contributed by atoms with E-state index in [1.165, 1.54) is 6.20 Å². The van der Waals surface area contributed by atoms with Crippen molar-refractivity contribution in [2.75, 3.05) is 10.6 Å². The molecular formula is C18H16N6O2. The average molecular weight is 348 g/mol. The van der Waals surface area contributed by atoms with Crippen LogP contribution in [-0.4, -0.2) is 25.5 Å². The van der Waals surface area contributed by atoms with Crippen LogP contribution in [-0.2, 0) is 6.54 Å². The fourth-order valence-corrected chi connectivity index (χ4v) is 2.52. The zero-order chi connectivity index (χ0) is 17.9. The molecule has 0 saturated heterocycles. The molecule has 26 heavy (non-hydrogen) atoms. The van der Waals surface area contributed by atoms with Gasteiger partial charge < -0.3 is 9.73 Å². The minimum atomic E-state index is -0.311. The van der Waals surface area contributed by atoms with Crippen molar-refractivity contribution in [3.63, 3.8) is 0 Å². The van der Waals surface area contributed by atoms with E-state index in [0.717, 1.165) is 17.3 Å². The average Bonchev–Trinajstić information content (AvgIpc) is 3.26. The van der Waals surface area contributed by atoms with Crippen molar-refractivity contribution in [2.45, 2.75) is 13.5 Å². The molecule has 0 spiro atoms. The summed E-state index contributed by atoms with van der Waals surface area (Å²) in [5.41, 5.74) is 1.06. The highest BCUT2D eigenvalue weighted by atomic mass is 16.3. The van der Waals surface area contributed by atoms with Crippen molar-refractivity contribution in [3.8, 4) is 0 Å². The number of amides is 1. The first-order chi connectivity index (χ1) is 12.7. The Morgan fingerprint density at radius 2 is 2.12 bits per heavy atom. The Hall–Kier alpha value is -3.68. The number of pyridine rings is 2. The smallest absolute Gasteiger partial charge is 0.259 e. The molecule has 4 aromatic heterocycles. The normalized spacial score (nSPS) is 10.8. The fourth-order valence-electron chi connectivity index (χ4n) is 2.52. The summed E-state index contributed by atoms with van der Waals surface area (Å²) in [5, 5.41) is 10.3. The standard InChI is InChI=1S/C18H16N6O2/c1-12-7-8-14(26-12)11-20-15-5-2-6-16-21-18(23-24(15)16)22-17(25)13-4-3-9-19-10-13/h2-10,20H,11H2,1H3,(H,22,23,25). The van der Waals surface area contributed by atoms with E-state index in [0.29, 0.717) is 17.8 Å². The van der Waals surface area contributed by atoms with Gasteiger partial charge in [0.05, 0.1) is 12.1 Å². The van der Waals surface area contributed by atoms with E-state index in [1.807, 2.05) is 37.3 Å². The van der Waals surface area contributed by atoms with Gasteiger partial charge in [0.15, 0.2) is 5.65 Å². The maximum Gasteiger partial charge on any atom is 0.259 e. The van der Waals surface area contributed by atoms with Crippen LogP contribution >= 0.6 is 0 Å². The molecule has 130 valence electrons. The summed E-state index contributed by atoms with van der Waals surface area (Å²) in [6.45, 7) is 2.42. The van der Waals surface area contributed by atoms with Gasteiger partial charge in [0.25, 0.3) is 5.91 Å². The number of rotatable bonds is 5. The van der Waals surface area contributed by atoms with Crippen molar-refractivity contribution < 1.29 is 9.21 Å². The first-order valence-corrected chi connectivity index (χ1v) is 8.05. The van der Waals surface area contributed by atoms with Gasteiger partial charge in [-0.1, -0.05) is 6.07 Å². The summed E-state index contributed by atoms with van der Waals surface area (Å²) in [6, 6.07) is 12.8. The van der Waals surface area contributed by atoms with Crippen LogP contribution in [0, 0.1) is 6.92 Å². The highest BCUT2D eigenvalue weighted by molar-refractivity contribution is 6.03. The summed E-state index contributed by atoms with van der Waals surface area (Å²) in [7, 11) is 0. The van der Waals surface area contributed by atoms with Crippen molar-refractivity contribution in [1.29, 1.82) is 0 Å². The van der Waals surface area contributed by atoms with E-state index in [9.17, 15) is 4.79 Å². The third kappa shape index (κ3) is 3.25. The first kappa shape index (κ1) is 15.8. The molecule has 4 rings (SSSR count). The Morgan fingerprint density at radius 3 is 2.88 bits per heavy atom. The first-order valence-electron chi connectivity index (χ1n) is 8.05. The molecule has 8 nitrogen and oxygen atoms in total. The lowest BCUT2D eigenvalue weighted by Crippen LogP contribution is -2.13. The van der Waals surface area contributed by atoms with E-state index in [-0.39, 0.29) is 11.9 Å².